The Balaban J connectivity index is 1.76. The Kier molecular flexibility index (Phi) is 4.57. The molecule has 0 fully saturated rings. The van der Waals surface area contributed by atoms with E-state index >= 15 is 0 Å². The van der Waals surface area contributed by atoms with Gasteiger partial charge < -0.3 is 14.3 Å². The number of benzene rings is 3. The molecule has 0 bridgehead atoms. The molecule has 2 aromatic heterocycles. The van der Waals surface area contributed by atoms with E-state index in [1.54, 1.807) is 61.7 Å². The average Bonchev–Trinajstić information content (AvgIpc) is 3.40. The number of aromatic nitrogens is 1. The van der Waals surface area contributed by atoms with E-state index in [2.05, 4.69) is 0 Å². The van der Waals surface area contributed by atoms with Gasteiger partial charge in [0.05, 0.1) is 23.2 Å². The lowest BCUT2D eigenvalue weighted by atomic mass is 10.1. The summed E-state index contributed by atoms with van der Waals surface area (Å²) in [6.45, 7) is 0. The van der Waals surface area contributed by atoms with E-state index in [1.165, 1.54) is 16.1 Å². The number of hydrogen-bond acceptors (Lipinski definition) is 5. The first-order chi connectivity index (χ1) is 15.0. The SMILES string of the molecule is COc1ccc2c(c1)cc(C(O)c1cc3ccccc3o1)n2S(=O)(=O)c1ccccc1. The van der Waals surface area contributed by atoms with Gasteiger partial charge >= 0.3 is 0 Å². The molecule has 0 spiro atoms. The monoisotopic (exact) mass is 433 g/mol. The van der Waals surface area contributed by atoms with Gasteiger partial charge in [0.2, 0.25) is 0 Å². The summed E-state index contributed by atoms with van der Waals surface area (Å²) in [5.41, 5.74) is 1.24. The number of aliphatic hydroxyl groups excluding tert-OH is 1. The first-order valence-corrected chi connectivity index (χ1v) is 11.1. The molecule has 1 N–H and O–H groups in total. The molecule has 6 nitrogen and oxygen atoms in total. The normalized spacial score (nSPS) is 13.0. The van der Waals surface area contributed by atoms with Crippen molar-refractivity contribution >= 4 is 31.9 Å². The number of rotatable bonds is 5. The van der Waals surface area contributed by atoms with E-state index in [-0.39, 0.29) is 16.3 Å². The van der Waals surface area contributed by atoms with Crippen LogP contribution < -0.4 is 4.74 Å². The summed E-state index contributed by atoms with van der Waals surface area (Å²) >= 11 is 0. The van der Waals surface area contributed by atoms with E-state index in [4.69, 9.17) is 9.15 Å². The smallest absolute Gasteiger partial charge is 0.268 e. The van der Waals surface area contributed by atoms with Crippen molar-refractivity contribution in [1.82, 2.24) is 3.97 Å². The van der Waals surface area contributed by atoms with Crippen molar-refractivity contribution in [3.05, 3.63) is 96.4 Å². The fourth-order valence-electron chi connectivity index (χ4n) is 3.76. The van der Waals surface area contributed by atoms with Gasteiger partial charge in [-0.3, -0.25) is 0 Å². The van der Waals surface area contributed by atoms with Crippen LogP contribution in [0.15, 0.2) is 94.2 Å². The van der Waals surface area contributed by atoms with Crippen molar-refractivity contribution in [1.29, 1.82) is 0 Å². The van der Waals surface area contributed by atoms with Gasteiger partial charge in [-0.05, 0) is 48.5 Å². The third-order valence-corrected chi connectivity index (χ3v) is 7.02. The van der Waals surface area contributed by atoms with Crippen molar-refractivity contribution in [3.8, 4) is 5.75 Å². The third-order valence-electron chi connectivity index (χ3n) is 5.27. The molecule has 0 saturated heterocycles. The Morgan fingerprint density at radius 2 is 1.65 bits per heavy atom. The van der Waals surface area contributed by atoms with Gasteiger partial charge in [-0.1, -0.05) is 36.4 Å². The van der Waals surface area contributed by atoms with Crippen molar-refractivity contribution in [2.24, 2.45) is 0 Å². The summed E-state index contributed by atoms with van der Waals surface area (Å²) < 4.78 is 39.4. The molecule has 0 amide bonds. The fraction of sp³-hybridized carbons (Fsp3) is 0.0833. The molecule has 156 valence electrons. The number of aliphatic hydroxyl groups is 1. The van der Waals surface area contributed by atoms with Crippen molar-refractivity contribution in [3.63, 3.8) is 0 Å². The number of furan rings is 1. The Hall–Kier alpha value is -3.55. The minimum absolute atomic E-state index is 0.126. The van der Waals surface area contributed by atoms with Crippen LogP contribution in [0.4, 0.5) is 0 Å². The van der Waals surface area contributed by atoms with Crippen LogP contribution in [0, 0.1) is 0 Å². The zero-order valence-electron chi connectivity index (χ0n) is 16.6. The number of nitrogens with zero attached hydrogens (tertiary/aromatic N) is 1. The van der Waals surface area contributed by atoms with E-state index in [9.17, 15) is 13.5 Å². The Morgan fingerprint density at radius 1 is 0.903 bits per heavy atom. The van der Waals surface area contributed by atoms with Crippen LogP contribution in [0.25, 0.3) is 21.9 Å². The van der Waals surface area contributed by atoms with Gasteiger partial charge in [0.25, 0.3) is 10.0 Å². The van der Waals surface area contributed by atoms with E-state index in [0.717, 1.165) is 5.39 Å². The molecule has 1 unspecified atom stereocenters. The molecule has 31 heavy (non-hydrogen) atoms. The number of hydrogen-bond donors (Lipinski definition) is 1. The predicted molar refractivity (Wildman–Crippen MR) is 118 cm³/mol. The number of fused-ring (bicyclic) bond motifs is 2. The van der Waals surface area contributed by atoms with Gasteiger partial charge in [-0.15, -0.1) is 0 Å². The van der Waals surface area contributed by atoms with Crippen LogP contribution in [-0.2, 0) is 10.0 Å². The summed E-state index contributed by atoms with van der Waals surface area (Å²) in [5, 5.41) is 12.7. The third kappa shape index (κ3) is 3.19. The number of methoxy groups -OCH3 is 1. The highest BCUT2D eigenvalue weighted by molar-refractivity contribution is 7.90. The van der Waals surface area contributed by atoms with Gasteiger partial charge in [-0.2, -0.15) is 0 Å². The summed E-state index contributed by atoms with van der Waals surface area (Å²) in [7, 11) is -2.44. The zero-order chi connectivity index (χ0) is 21.6. The lowest BCUT2D eigenvalue weighted by molar-refractivity contribution is 0.187. The molecular weight excluding hydrogens is 414 g/mol. The van der Waals surface area contributed by atoms with Crippen LogP contribution in [0.5, 0.6) is 5.75 Å². The molecule has 5 aromatic rings. The first-order valence-electron chi connectivity index (χ1n) is 9.65. The molecule has 0 saturated carbocycles. The highest BCUT2D eigenvalue weighted by atomic mass is 32.2. The van der Waals surface area contributed by atoms with Crippen LogP contribution in [-0.4, -0.2) is 24.6 Å². The second-order valence-electron chi connectivity index (χ2n) is 7.17. The first kappa shape index (κ1) is 19.4. The summed E-state index contributed by atoms with van der Waals surface area (Å²) in [5.74, 6) is 0.854. The second kappa shape index (κ2) is 7.30. The van der Waals surface area contributed by atoms with Gasteiger partial charge in [0, 0.05) is 10.8 Å². The molecular formula is C24H19NO5S. The van der Waals surface area contributed by atoms with Crippen molar-refractivity contribution < 1.29 is 22.7 Å². The topological polar surface area (TPSA) is 81.7 Å². The zero-order valence-corrected chi connectivity index (χ0v) is 17.4. The molecule has 0 aliphatic rings. The molecule has 1 atom stereocenters. The number of para-hydroxylation sites is 1. The molecule has 0 radical (unpaired) electrons. The highest BCUT2D eigenvalue weighted by Gasteiger charge is 2.28. The maximum Gasteiger partial charge on any atom is 0.268 e. The minimum Gasteiger partial charge on any atom is -0.497 e. The van der Waals surface area contributed by atoms with Crippen LogP contribution in [0.2, 0.25) is 0 Å². The lowest BCUT2D eigenvalue weighted by Crippen LogP contribution is -2.18. The Morgan fingerprint density at radius 3 is 2.39 bits per heavy atom. The lowest BCUT2D eigenvalue weighted by Gasteiger charge is -2.15. The molecule has 0 aliphatic heterocycles. The molecule has 2 heterocycles. The standard InChI is InChI=1S/C24H19NO5S/c1-29-18-11-12-20-17(13-18)14-21(25(20)31(27,28)19-8-3-2-4-9-19)24(26)23-15-16-7-5-6-10-22(16)30-23/h2-15,24,26H,1H3. The summed E-state index contributed by atoms with van der Waals surface area (Å²) in [4.78, 5) is 0.126. The minimum atomic E-state index is -3.98. The van der Waals surface area contributed by atoms with E-state index < -0.39 is 16.1 Å². The van der Waals surface area contributed by atoms with Crippen molar-refractivity contribution in [2.75, 3.05) is 7.11 Å². The largest absolute Gasteiger partial charge is 0.497 e. The Bertz CT molecular complexity index is 1470. The van der Waals surface area contributed by atoms with Crippen LogP contribution in [0.1, 0.15) is 17.6 Å². The van der Waals surface area contributed by atoms with Crippen molar-refractivity contribution in [2.45, 2.75) is 11.0 Å². The summed E-state index contributed by atoms with van der Waals surface area (Å²) in [6, 6.07) is 24.0. The second-order valence-corrected chi connectivity index (χ2v) is 8.95. The Labute approximate surface area is 179 Å². The predicted octanol–water partition coefficient (Wildman–Crippen LogP) is 4.71. The molecule has 5 rings (SSSR count). The van der Waals surface area contributed by atoms with Gasteiger partial charge in [-0.25, -0.2) is 12.4 Å². The van der Waals surface area contributed by atoms with E-state index in [0.29, 0.717) is 22.2 Å². The molecule has 3 aromatic carbocycles. The summed E-state index contributed by atoms with van der Waals surface area (Å²) in [6.07, 6.45) is -1.29. The van der Waals surface area contributed by atoms with Gasteiger partial charge in [0.15, 0.2) is 6.10 Å². The molecule has 7 heteroatoms. The average molecular weight is 433 g/mol. The maximum absolute atomic E-state index is 13.6. The fourth-order valence-corrected chi connectivity index (χ4v) is 5.32. The molecule has 0 aliphatic carbocycles. The van der Waals surface area contributed by atoms with Crippen LogP contribution >= 0.6 is 0 Å². The van der Waals surface area contributed by atoms with Crippen LogP contribution in [0.3, 0.4) is 0 Å². The van der Waals surface area contributed by atoms with E-state index in [1.807, 2.05) is 18.2 Å². The highest BCUT2D eigenvalue weighted by Crippen LogP contribution is 2.35. The maximum atomic E-state index is 13.6. The quantitative estimate of drug-likeness (QED) is 0.434. The number of ether oxygens (including phenoxy) is 1. The van der Waals surface area contributed by atoms with Gasteiger partial charge in [0.1, 0.15) is 17.1 Å².